The van der Waals surface area contributed by atoms with Crippen LogP contribution in [0.1, 0.15) is 44.2 Å². The third kappa shape index (κ3) is 3.95. The van der Waals surface area contributed by atoms with Gasteiger partial charge in [-0.1, -0.05) is 30.7 Å². The molecule has 2 N–H and O–H groups in total. The van der Waals surface area contributed by atoms with Gasteiger partial charge in [0, 0.05) is 11.1 Å². The van der Waals surface area contributed by atoms with E-state index >= 15 is 0 Å². The van der Waals surface area contributed by atoms with E-state index in [1.165, 1.54) is 37.9 Å². The molecule has 1 saturated heterocycles. The predicted molar refractivity (Wildman–Crippen MR) is 82.5 cm³/mol. The van der Waals surface area contributed by atoms with E-state index in [4.69, 9.17) is 17.3 Å². The van der Waals surface area contributed by atoms with Crippen molar-refractivity contribution in [1.82, 2.24) is 4.90 Å². The van der Waals surface area contributed by atoms with Crippen molar-refractivity contribution >= 4 is 11.6 Å². The van der Waals surface area contributed by atoms with E-state index in [1.54, 1.807) is 0 Å². The Labute approximate surface area is 121 Å². The van der Waals surface area contributed by atoms with Gasteiger partial charge in [-0.05, 0) is 68.9 Å². The zero-order valence-electron chi connectivity index (χ0n) is 11.8. The molecular weight excluding hydrogens is 256 g/mol. The highest BCUT2D eigenvalue weighted by atomic mass is 35.5. The third-order valence-corrected chi connectivity index (χ3v) is 4.52. The summed E-state index contributed by atoms with van der Waals surface area (Å²) in [6, 6.07) is 8.83. The topological polar surface area (TPSA) is 29.3 Å². The van der Waals surface area contributed by atoms with Gasteiger partial charge in [0.25, 0.3) is 0 Å². The minimum atomic E-state index is 0.512. The number of likely N-dealkylation sites (tertiary alicyclic amines) is 1. The molecule has 0 bridgehead atoms. The molecule has 1 aromatic rings. The number of nitrogens with zero attached hydrogens (tertiary/aromatic N) is 1. The molecule has 1 heterocycles. The lowest BCUT2D eigenvalue weighted by molar-refractivity contribution is 0.126. The highest BCUT2D eigenvalue weighted by molar-refractivity contribution is 6.30. The van der Waals surface area contributed by atoms with E-state index in [-0.39, 0.29) is 0 Å². The smallest absolute Gasteiger partial charge is 0.0409 e. The molecule has 0 saturated carbocycles. The highest BCUT2D eigenvalue weighted by Gasteiger charge is 2.24. The van der Waals surface area contributed by atoms with Gasteiger partial charge in [0.1, 0.15) is 0 Å². The maximum Gasteiger partial charge on any atom is 0.0409 e. The van der Waals surface area contributed by atoms with E-state index in [9.17, 15) is 0 Å². The van der Waals surface area contributed by atoms with Crippen LogP contribution in [0.15, 0.2) is 24.3 Å². The Balaban J connectivity index is 1.99. The molecule has 1 aliphatic rings. The molecule has 19 heavy (non-hydrogen) atoms. The molecule has 1 fully saturated rings. The Morgan fingerprint density at radius 2 is 2.11 bits per heavy atom. The van der Waals surface area contributed by atoms with E-state index in [1.807, 2.05) is 6.07 Å². The zero-order chi connectivity index (χ0) is 13.7. The fourth-order valence-corrected chi connectivity index (χ4v) is 3.41. The van der Waals surface area contributed by atoms with Crippen LogP contribution >= 0.6 is 11.6 Å². The summed E-state index contributed by atoms with van der Waals surface area (Å²) in [5.41, 5.74) is 7.01. The number of rotatable bonds is 5. The van der Waals surface area contributed by atoms with E-state index < -0.39 is 0 Å². The average molecular weight is 281 g/mol. The van der Waals surface area contributed by atoms with Crippen molar-refractivity contribution in [1.29, 1.82) is 0 Å². The number of hydrogen-bond donors (Lipinski definition) is 1. The molecule has 0 radical (unpaired) electrons. The highest BCUT2D eigenvalue weighted by Crippen LogP contribution is 2.31. The van der Waals surface area contributed by atoms with Gasteiger partial charge in [0.2, 0.25) is 0 Å². The maximum atomic E-state index is 6.12. The van der Waals surface area contributed by atoms with Crippen LogP contribution in [0.4, 0.5) is 0 Å². The van der Waals surface area contributed by atoms with Gasteiger partial charge in [-0.25, -0.2) is 0 Å². The standard InChI is InChI=1S/C16H25ClN2/c1-2-16(14-4-3-5-15(17)12-14)19-10-7-13(6-9-18)8-11-19/h3-5,12-13,16H,2,6-11,18H2,1H3. The summed E-state index contributed by atoms with van der Waals surface area (Å²) in [5.74, 6) is 0.832. The molecule has 1 aromatic carbocycles. The van der Waals surface area contributed by atoms with Crippen molar-refractivity contribution in [3.63, 3.8) is 0 Å². The summed E-state index contributed by atoms with van der Waals surface area (Å²) in [6.45, 7) is 5.47. The summed E-state index contributed by atoms with van der Waals surface area (Å²) in [5, 5.41) is 0.842. The normalized spacial score (nSPS) is 19.5. The Bertz CT molecular complexity index is 386. The van der Waals surface area contributed by atoms with Crippen molar-refractivity contribution in [2.45, 2.75) is 38.6 Å². The minimum Gasteiger partial charge on any atom is -0.330 e. The second-order valence-electron chi connectivity index (χ2n) is 5.54. The van der Waals surface area contributed by atoms with Gasteiger partial charge < -0.3 is 5.73 Å². The van der Waals surface area contributed by atoms with Crippen LogP contribution in [-0.4, -0.2) is 24.5 Å². The second kappa shape index (κ2) is 7.28. The minimum absolute atomic E-state index is 0.512. The van der Waals surface area contributed by atoms with Crippen molar-refractivity contribution in [3.8, 4) is 0 Å². The molecule has 3 heteroatoms. The largest absolute Gasteiger partial charge is 0.330 e. The van der Waals surface area contributed by atoms with Crippen LogP contribution in [0.2, 0.25) is 5.02 Å². The number of hydrogen-bond acceptors (Lipinski definition) is 2. The summed E-state index contributed by atoms with van der Waals surface area (Å²) < 4.78 is 0. The molecular formula is C16H25ClN2. The van der Waals surface area contributed by atoms with Gasteiger partial charge in [-0.2, -0.15) is 0 Å². The molecule has 0 aliphatic carbocycles. The summed E-state index contributed by atoms with van der Waals surface area (Å²) >= 11 is 6.12. The SMILES string of the molecule is CCC(c1cccc(Cl)c1)N1CCC(CCN)CC1. The number of benzene rings is 1. The predicted octanol–water partition coefficient (Wildman–Crippen LogP) is 3.85. The molecule has 1 unspecified atom stereocenters. The van der Waals surface area contributed by atoms with Crippen LogP contribution in [-0.2, 0) is 0 Å². The Morgan fingerprint density at radius 1 is 1.37 bits per heavy atom. The lowest BCUT2D eigenvalue weighted by atomic mass is 9.91. The van der Waals surface area contributed by atoms with Crippen LogP contribution in [0, 0.1) is 5.92 Å². The van der Waals surface area contributed by atoms with E-state index in [0.717, 1.165) is 23.9 Å². The fourth-order valence-electron chi connectivity index (χ4n) is 3.21. The second-order valence-corrected chi connectivity index (χ2v) is 5.97. The quantitative estimate of drug-likeness (QED) is 0.888. The van der Waals surface area contributed by atoms with Gasteiger partial charge in [0.15, 0.2) is 0 Å². The number of nitrogens with two attached hydrogens (primary N) is 1. The van der Waals surface area contributed by atoms with Crippen LogP contribution in [0.25, 0.3) is 0 Å². The molecule has 0 aromatic heterocycles. The van der Waals surface area contributed by atoms with Gasteiger partial charge >= 0.3 is 0 Å². The first-order valence-corrected chi connectivity index (χ1v) is 7.82. The first-order valence-electron chi connectivity index (χ1n) is 7.44. The number of piperidine rings is 1. The van der Waals surface area contributed by atoms with E-state index in [2.05, 4.69) is 30.0 Å². The first kappa shape index (κ1) is 14.8. The van der Waals surface area contributed by atoms with Crippen molar-refractivity contribution < 1.29 is 0 Å². The molecule has 106 valence electrons. The average Bonchev–Trinajstić information content (AvgIpc) is 2.42. The van der Waals surface area contributed by atoms with Crippen LogP contribution in [0.3, 0.4) is 0 Å². The van der Waals surface area contributed by atoms with Crippen LogP contribution < -0.4 is 5.73 Å². The van der Waals surface area contributed by atoms with Crippen molar-refractivity contribution in [3.05, 3.63) is 34.9 Å². The summed E-state index contributed by atoms with van der Waals surface area (Å²) in [7, 11) is 0. The Kier molecular flexibility index (Phi) is 5.68. The Morgan fingerprint density at radius 3 is 2.68 bits per heavy atom. The monoisotopic (exact) mass is 280 g/mol. The molecule has 1 atom stereocenters. The molecule has 0 amide bonds. The van der Waals surface area contributed by atoms with Gasteiger partial charge in [-0.3, -0.25) is 4.90 Å². The van der Waals surface area contributed by atoms with E-state index in [0.29, 0.717) is 6.04 Å². The third-order valence-electron chi connectivity index (χ3n) is 4.28. The lowest BCUT2D eigenvalue weighted by Gasteiger charge is -2.37. The lowest BCUT2D eigenvalue weighted by Crippen LogP contribution is -2.37. The fraction of sp³-hybridized carbons (Fsp3) is 0.625. The zero-order valence-corrected chi connectivity index (χ0v) is 12.6. The molecule has 2 rings (SSSR count). The maximum absolute atomic E-state index is 6.12. The van der Waals surface area contributed by atoms with Gasteiger partial charge in [0.05, 0.1) is 0 Å². The molecule has 1 aliphatic heterocycles. The number of halogens is 1. The summed E-state index contributed by atoms with van der Waals surface area (Å²) in [6.07, 6.45) is 4.90. The van der Waals surface area contributed by atoms with Crippen LogP contribution in [0.5, 0.6) is 0 Å². The molecule has 0 spiro atoms. The molecule has 2 nitrogen and oxygen atoms in total. The van der Waals surface area contributed by atoms with Crippen molar-refractivity contribution in [2.75, 3.05) is 19.6 Å². The van der Waals surface area contributed by atoms with Gasteiger partial charge in [-0.15, -0.1) is 0 Å². The Hall–Kier alpha value is -0.570. The first-order chi connectivity index (χ1) is 9.24. The van der Waals surface area contributed by atoms with Crippen molar-refractivity contribution in [2.24, 2.45) is 11.7 Å². The summed E-state index contributed by atoms with van der Waals surface area (Å²) in [4.78, 5) is 2.61.